The van der Waals surface area contributed by atoms with Crippen molar-refractivity contribution in [2.75, 3.05) is 11.6 Å². The Hall–Kier alpha value is -5.08. The first-order valence-electron chi connectivity index (χ1n) is 14.3. The summed E-state index contributed by atoms with van der Waals surface area (Å²) in [4.78, 5) is 34.0. The zero-order valence-corrected chi connectivity index (χ0v) is 24.9. The second-order valence-electron chi connectivity index (χ2n) is 11.3. The zero-order valence-electron chi connectivity index (χ0n) is 24.1. The van der Waals surface area contributed by atoms with Crippen molar-refractivity contribution in [2.45, 2.75) is 31.1 Å². The maximum absolute atomic E-state index is 14.6. The molecule has 7 rings (SSSR count). The third-order valence-electron chi connectivity index (χ3n) is 8.09. The van der Waals surface area contributed by atoms with Gasteiger partial charge < -0.3 is 16.0 Å². The summed E-state index contributed by atoms with van der Waals surface area (Å²) in [7, 11) is -3.67. The molecule has 5 heterocycles. The summed E-state index contributed by atoms with van der Waals surface area (Å²) in [5.41, 5.74) is 10.9. The average molecular weight is 626 g/mol. The van der Waals surface area contributed by atoms with Crippen LogP contribution in [0.5, 0.6) is 0 Å². The highest BCUT2D eigenvalue weighted by Gasteiger charge is 2.24. The highest BCUT2D eigenvalue weighted by molar-refractivity contribution is 7.90. The highest BCUT2D eigenvalue weighted by Crippen LogP contribution is 2.33. The molecule has 1 unspecified atom stereocenters. The Labute approximate surface area is 256 Å². The standard InChI is InChI=1S/C31H28FN9O3S/c1-45(43,44)28(33)18-8-17(9-21(32)10-18)25-27-24(6-7-35-25)38-30(39-27)26-23-12-20(14-36-29(23)41-40-26)19-11-22(15-34-13-19)37-31(42)16-4-2-3-5-16/h6-16,28H,2-5,33H2,1H3,(H,37,42)(H,38,39)(H,36,40,41). The molecule has 0 aliphatic heterocycles. The number of nitrogens with one attached hydrogen (secondary N) is 3. The minimum atomic E-state index is -3.67. The van der Waals surface area contributed by atoms with Crippen LogP contribution in [0.25, 0.3) is 56.0 Å². The monoisotopic (exact) mass is 625 g/mol. The number of imidazole rings is 1. The predicted octanol–water partition coefficient (Wildman–Crippen LogP) is 4.89. The summed E-state index contributed by atoms with van der Waals surface area (Å²) >= 11 is 0. The molecule has 1 amide bonds. The SMILES string of the molecule is CS(=O)(=O)C(N)c1cc(F)cc(-c2nccc3[nH]c(-c4n[nH]c5ncc(-c6cncc(NC(=O)C7CCCC7)c6)cc45)nc23)c1. The van der Waals surface area contributed by atoms with Crippen LogP contribution in [0, 0.1) is 11.7 Å². The molecule has 12 nitrogen and oxygen atoms in total. The molecular weight excluding hydrogens is 597 g/mol. The highest BCUT2D eigenvalue weighted by atomic mass is 32.2. The maximum atomic E-state index is 14.6. The van der Waals surface area contributed by atoms with Crippen molar-refractivity contribution in [3.8, 4) is 33.9 Å². The summed E-state index contributed by atoms with van der Waals surface area (Å²) in [6.07, 6.45) is 11.5. The number of hydrogen-bond donors (Lipinski definition) is 4. The van der Waals surface area contributed by atoms with Gasteiger partial charge in [0.25, 0.3) is 0 Å². The third-order valence-corrected chi connectivity index (χ3v) is 9.28. The van der Waals surface area contributed by atoms with E-state index in [0.717, 1.165) is 49.1 Å². The van der Waals surface area contributed by atoms with E-state index in [1.165, 1.54) is 12.1 Å². The fraction of sp³-hybridized carbons (Fsp3) is 0.226. The lowest BCUT2D eigenvalue weighted by Crippen LogP contribution is -2.20. The van der Waals surface area contributed by atoms with Crippen LogP contribution in [0.4, 0.5) is 10.1 Å². The van der Waals surface area contributed by atoms with E-state index < -0.39 is 21.0 Å². The van der Waals surface area contributed by atoms with Gasteiger partial charge in [0, 0.05) is 47.5 Å². The molecule has 0 radical (unpaired) electrons. The number of anilines is 1. The molecule has 228 valence electrons. The molecule has 1 atom stereocenters. The Morgan fingerprint density at radius 2 is 1.82 bits per heavy atom. The van der Waals surface area contributed by atoms with Crippen molar-refractivity contribution >= 4 is 43.5 Å². The number of carbonyl (C=O) groups is 1. The van der Waals surface area contributed by atoms with Crippen molar-refractivity contribution in [1.29, 1.82) is 0 Å². The largest absolute Gasteiger partial charge is 0.336 e. The van der Waals surface area contributed by atoms with Crippen molar-refractivity contribution in [3.05, 3.63) is 72.6 Å². The fourth-order valence-electron chi connectivity index (χ4n) is 5.76. The third kappa shape index (κ3) is 5.53. The molecule has 45 heavy (non-hydrogen) atoms. The fourth-order valence-corrected chi connectivity index (χ4v) is 6.39. The van der Waals surface area contributed by atoms with E-state index in [1.54, 1.807) is 30.9 Å². The number of pyridine rings is 3. The Morgan fingerprint density at radius 3 is 2.62 bits per heavy atom. The first-order valence-corrected chi connectivity index (χ1v) is 16.3. The topological polar surface area (TPSA) is 185 Å². The van der Waals surface area contributed by atoms with Gasteiger partial charge in [0.2, 0.25) is 5.91 Å². The van der Waals surface area contributed by atoms with E-state index in [4.69, 9.17) is 10.7 Å². The molecule has 1 aromatic carbocycles. The molecule has 5 N–H and O–H groups in total. The Kier molecular flexibility index (Phi) is 7.09. The molecule has 1 aliphatic carbocycles. The molecule has 1 saturated carbocycles. The summed E-state index contributed by atoms with van der Waals surface area (Å²) < 4.78 is 38.8. The summed E-state index contributed by atoms with van der Waals surface area (Å²) in [5.74, 6) is -0.175. The van der Waals surface area contributed by atoms with E-state index in [2.05, 4.69) is 35.5 Å². The van der Waals surface area contributed by atoms with Gasteiger partial charge in [-0.25, -0.2) is 22.8 Å². The van der Waals surface area contributed by atoms with E-state index in [-0.39, 0.29) is 17.4 Å². The van der Waals surface area contributed by atoms with E-state index in [1.807, 2.05) is 12.1 Å². The zero-order chi connectivity index (χ0) is 31.3. The van der Waals surface area contributed by atoms with Gasteiger partial charge in [-0.15, -0.1) is 0 Å². The minimum absolute atomic E-state index is 0.0172. The van der Waals surface area contributed by atoms with Gasteiger partial charge in [-0.1, -0.05) is 12.8 Å². The van der Waals surface area contributed by atoms with Gasteiger partial charge in [0.05, 0.1) is 28.5 Å². The number of carbonyl (C=O) groups excluding carboxylic acids is 1. The number of hydrogen-bond acceptors (Lipinski definition) is 9. The number of benzene rings is 1. The van der Waals surface area contributed by atoms with Crippen LogP contribution >= 0.6 is 0 Å². The van der Waals surface area contributed by atoms with Crippen LogP contribution in [0.3, 0.4) is 0 Å². The molecule has 0 bridgehead atoms. The lowest BCUT2D eigenvalue weighted by Gasteiger charge is -2.12. The van der Waals surface area contributed by atoms with E-state index >= 15 is 0 Å². The quantitative estimate of drug-likeness (QED) is 0.192. The number of aromatic amines is 2. The molecule has 6 aromatic rings. The molecule has 14 heteroatoms. The van der Waals surface area contributed by atoms with Crippen molar-refractivity contribution in [3.63, 3.8) is 0 Å². The molecule has 1 aliphatic rings. The van der Waals surface area contributed by atoms with Gasteiger partial charge in [0.15, 0.2) is 21.3 Å². The first-order chi connectivity index (χ1) is 21.6. The summed E-state index contributed by atoms with van der Waals surface area (Å²) in [5, 5.41) is 9.69. The molecule has 1 fully saturated rings. The number of amides is 1. The lowest BCUT2D eigenvalue weighted by molar-refractivity contribution is -0.119. The van der Waals surface area contributed by atoms with Crippen LogP contribution in [-0.4, -0.2) is 55.7 Å². The molecule has 5 aromatic heterocycles. The van der Waals surface area contributed by atoms with Crippen LogP contribution < -0.4 is 11.1 Å². The first kappa shape index (κ1) is 28.7. The Bertz CT molecular complexity index is 2210. The van der Waals surface area contributed by atoms with E-state index in [9.17, 15) is 17.6 Å². The van der Waals surface area contributed by atoms with Crippen LogP contribution in [0.2, 0.25) is 0 Å². The second kappa shape index (κ2) is 11.1. The predicted molar refractivity (Wildman–Crippen MR) is 168 cm³/mol. The summed E-state index contributed by atoms with van der Waals surface area (Å²) in [6, 6.07) is 9.37. The molecule has 0 saturated heterocycles. The number of aromatic nitrogens is 7. The van der Waals surface area contributed by atoms with Crippen molar-refractivity contribution in [2.24, 2.45) is 11.7 Å². The molecule has 0 spiro atoms. The van der Waals surface area contributed by atoms with Gasteiger partial charge >= 0.3 is 0 Å². The van der Waals surface area contributed by atoms with E-state index in [0.29, 0.717) is 50.5 Å². The minimum Gasteiger partial charge on any atom is -0.336 e. The number of rotatable bonds is 7. The van der Waals surface area contributed by atoms with Gasteiger partial charge in [-0.3, -0.25) is 19.9 Å². The summed E-state index contributed by atoms with van der Waals surface area (Å²) in [6.45, 7) is 0. The number of halogens is 1. The van der Waals surface area contributed by atoms with Gasteiger partial charge in [-0.2, -0.15) is 5.10 Å². The van der Waals surface area contributed by atoms with Gasteiger partial charge in [0.1, 0.15) is 22.4 Å². The average Bonchev–Trinajstić information content (AvgIpc) is 3.79. The Morgan fingerprint density at radius 1 is 1.02 bits per heavy atom. The normalized spacial score (nSPS) is 14.7. The van der Waals surface area contributed by atoms with Crippen molar-refractivity contribution < 1.29 is 17.6 Å². The second-order valence-corrected chi connectivity index (χ2v) is 13.5. The Balaban J connectivity index is 1.25. The lowest BCUT2D eigenvalue weighted by atomic mass is 10.1. The number of nitrogens with zero attached hydrogens (tertiary/aromatic N) is 5. The van der Waals surface area contributed by atoms with Crippen LogP contribution in [0.1, 0.15) is 36.6 Å². The van der Waals surface area contributed by atoms with Crippen LogP contribution in [0.15, 0.2) is 61.2 Å². The maximum Gasteiger partial charge on any atom is 0.227 e. The number of H-pyrrole nitrogens is 2. The van der Waals surface area contributed by atoms with Gasteiger partial charge in [-0.05, 0) is 54.8 Å². The molecular formula is C31H28FN9O3S. The number of fused-ring (bicyclic) bond motifs is 2. The smallest absolute Gasteiger partial charge is 0.227 e. The van der Waals surface area contributed by atoms with Crippen molar-refractivity contribution in [1.82, 2.24) is 35.1 Å². The van der Waals surface area contributed by atoms with Crippen LogP contribution in [-0.2, 0) is 14.6 Å². The number of nitrogens with two attached hydrogens (primary N) is 1. The number of sulfone groups is 1.